The number of fused-ring (bicyclic) bond motifs is 1. The minimum Gasteiger partial charge on any atom is -0.383 e. The lowest BCUT2D eigenvalue weighted by Gasteiger charge is -2.38. The van der Waals surface area contributed by atoms with Crippen molar-refractivity contribution in [3.63, 3.8) is 0 Å². The van der Waals surface area contributed by atoms with E-state index in [9.17, 15) is 9.59 Å². The highest BCUT2D eigenvalue weighted by molar-refractivity contribution is 7.18. The van der Waals surface area contributed by atoms with Crippen LogP contribution < -0.4 is 16.4 Å². The summed E-state index contributed by atoms with van der Waals surface area (Å²) < 4.78 is 1.15. The molecule has 3 aromatic rings. The molecule has 3 atom stereocenters. The van der Waals surface area contributed by atoms with Crippen molar-refractivity contribution in [1.29, 1.82) is 0 Å². The van der Waals surface area contributed by atoms with Crippen molar-refractivity contribution in [2.45, 2.75) is 58.9 Å². The van der Waals surface area contributed by atoms with Crippen LogP contribution in [-0.4, -0.2) is 46.8 Å². The Morgan fingerprint density at radius 3 is 2.73 bits per heavy atom. The Kier molecular flexibility index (Phi) is 8.44. The van der Waals surface area contributed by atoms with Crippen LogP contribution in [0.15, 0.2) is 30.5 Å². The van der Waals surface area contributed by atoms with E-state index in [1.165, 1.54) is 6.20 Å². The topological polar surface area (TPSA) is 113 Å². The molecule has 0 bridgehead atoms. The molecule has 198 valence electrons. The third-order valence-corrected chi connectivity index (χ3v) is 8.46. The molecule has 3 heterocycles. The Balaban J connectivity index is 1.57. The number of aromatic nitrogens is 2. The van der Waals surface area contributed by atoms with E-state index in [0.29, 0.717) is 35.8 Å². The van der Waals surface area contributed by atoms with Crippen molar-refractivity contribution in [1.82, 2.24) is 20.2 Å². The van der Waals surface area contributed by atoms with Crippen LogP contribution >= 0.6 is 11.3 Å². The number of nitrogens with zero attached hydrogens (tertiary/aromatic N) is 3. The van der Waals surface area contributed by atoms with Crippen LogP contribution in [0.25, 0.3) is 10.2 Å². The lowest BCUT2D eigenvalue weighted by molar-refractivity contribution is -0.146. The van der Waals surface area contributed by atoms with Gasteiger partial charge < -0.3 is 21.3 Å². The number of pyridine rings is 1. The van der Waals surface area contributed by atoms with Crippen LogP contribution in [0.1, 0.15) is 68.1 Å². The Morgan fingerprint density at radius 2 is 2.03 bits per heavy atom. The molecule has 1 aliphatic heterocycles. The molecule has 4 rings (SSSR count). The van der Waals surface area contributed by atoms with Crippen molar-refractivity contribution in [2.75, 3.05) is 31.2 Å². The van der Waals surface area contributed by atoms with Crippen LogP contribution in [0.4, 0.5) is 11.5 Å². The first-order valence-corrected chi connectivity index (χ1v) is 13.9. The molecule has 2 amide bonds. The number of nitrogen functional groups attached to an aromatic ring is 1. The molecule has 0 aliphatic carbocycles. The van der Waals surface area contributed by atoms with Crippen molar-refractivity contribution < 1.29 is 9.59 Å². The van der Waals surface area contributed by atoms with Crippen LogP contribution in [0, 0.1) is 18.8 Å². The zero-order chi connectivity index (χ0) is 26.7. The van der Waals surface area contributed by atoms with Gasteiger partial charge in [-0.15, -0.1) is 11.3 Å². The third kappa shape index (κ3) is 6.10. The fourth-order valence-electron chi connectivity index (χ4n) is 5.06. The Morgan fingerprint density at radius 1 is 1.24 bits per heavy atom. The molecule has 37 heavy (non-hydrogen) atoms. The smallest absolute Gasteiger partial charge is 0.313 e. The molecule has 1 aromatic carbocycles. The zero-order valence-electron chi connectivity index (χ0n) is 22.4. The first-order valence-electron chi connectivity index (χ1n) is 13.1. The average Bonchev–Trinajstić information content (AvgIpc) is 3.28. The Labute approximate surface area is 223 Å². The standard InChI is InChI=1S/C28H38N6O2S/c1-16(2)21(10-11-30-5)27-33-22-13-19(7-9-24(22)37-27)23-8-6-17(3)15-34(23)28(36)26(35)32-20-12-18(4)25(29)31-14-20/h7,9,12-14,16-17,21,23,30H,6,8,10-11,15H2,1-5H3,(H2,29,31)(H,32,35)/t17?,21-,23+/m0/s1. The van der Waals surface area contributed by atoms with E-state index in [2.05, 4.69) is 54.6 Å². The number of carbonyl (C=O) groups excluding carboxylic acids is 2. The van der Waals surface area contributed by atoms with Gasteiger partial charge in [0, 0.05) is 12.5 Å². The number of rotatable bonds is 7. The normalized spacial score (nSPS) is 18.8. The number of benzene rings is 1. The number of hydrogen-bond acceptors (Lipinski definition) is 7. The van der Waals surface area contributed by atoms with Gasteiger partial charge in [0.2, 0.25) is 0 Å². The molecule has 1 saturated heterocycles. The molecule has 1 fully saturated rings. The summed E-state index contributed by atoms with van der Waals surface area (Å²) in [5.41, 5.74) is 8.98. The van der Waals surface area contributed by atoms with E-state index in [1.54, 1.807) is 22.3 Å². The van der Waals surface area contributed by atoms with Crippen molar-refractivity contribution in [3.05, 3.63) is 46.6 Å². The van der Waals surface area contributed by atoms with Gasteiger partial charge in [-0.1, -0.05) is 26.8 Å². The molecular formula is C28H38N6O2S. The van der Waals surface area contributed by atoms with Gasteiger partial charge >= 0.3 is 11.8 Å². The molecule has 4 N–H and O–H groups in total. The Hall–Kier alpha value is -3.04. The maximum absolute atomic E-state index is 13.4. The van der Waals surface area contributed by atoms with Crippen molar-refractivity contribution in [2.24, 2.45) is 11.8 Å². The summed E-state index contributed by atoms with van der Waals surface area (Å²) in [6, 6.07) is 7.87. The summed E-state index contributed by atoms with van der Waals surface area (Å²) in [6.45, 7) is 9.92. The summed E-state index contributed by atoms with van der Waals surface area (Å²) in [4.78, 5) is 37.1. The molecule has 8 nitrogen and oxygen atoms in total. The number of carbonyl (C=O) groups is 2. The molecular weight excluding hydrogens is 484 g/mol. The minimum absolute atomic E-state index is 0.166. The number of amides is 2. The van der Waals surface area contributed by atoms with Gasteiger partial charge in [-0.3, -0.25) is 9.59 Å². The number of nitrogens with two attached hydrogens (primary N) is 1. The average molecular weight is 523 g/mol. The summed E-state index contributed by atoms with van der Waals surface area (Å²) in [6.07, 6.45) is 4.32. The predicted molar refractivity (Wildman–Crippen MR) is 151 cm³/mol. The number of likely N-dealkylation sites (tertiary alicyclic amines) is 1. The van der Waals surface area contributed by atoms with E-state index in [-0.39, 0.29) is 6.04 Å². The quantitative estimate of drug-likeness (QED) is 0.382. The maximum atomic E-state index is 13.4. The van der Waals surface area contributed by atoms with Crippen LogP contribution in [-0.2, 0) is 9.59 Å². The lowest BCUT2D eigenvalue weighted by atomic mass is 9.89. The number of anilines is 2. The largest absolute Gasteiger partial charge is 0.383 e. The number of hydrogen-bond donors (Lipinski definition) is 3. The van der Waals surface area contributed by atoms with E-state index in [4.69, 9.17) is 10.7 Å². The molecule has 1 aliphatic rings. The van der Waals surface area contributed by atoms with Gasteiger partial charge in [0.25, 0.3) is 0 Å². The molecule has 0 radical (unpaired) electrons. The second-order valence-corrected chi connectivity index (χ2v) is 11.6. The fraction of sp³-hybridized carbons (Fsp3) is 0.500. The van der Waals surface area contributed by atoms with Gasteiger partial charge in [0.1, 0.15) is 5.82 Å². The fourth-order valence-corrected chi connectivity index (χ4v) is 6.32. The van der Waals surface area contributed by atoms with E-state index < -0.39 is 11.8 Å². The summed E-state index contributed by atoms with van der Waals surface area (Å²) >= 11 is 1.76. The number of nitrogens with one attached hydrogen (secondary N) is 2. The van der Waals surface area contributed by atoms with Gasteiger partial charge in [0.05, 0.1) is 33.2 Å². The SMILES string of the molecule is CNCC[C@H](c1nc2cc([C@H]3CCC(C)CN3C(=O)C(=O)Nc3cnc(N)c(C)c3)ccc2s1)C(C)C. The van der Waals surface area contributed by atoms with Crippen molar-refractivity contribution in [3.8, 4) is 0 Å². The predicted octanol–water partition coefficient (Wildman–Crippen LogP) is 4.87. The van der Waals surface area contributed by atoms with Crippen molar-refractivity contribution >= 4 is 44.9 Å². The number of piperidine rings is 1. The zero-order valence-corrected chi connectivity index (χ0v) is 23.2. The van der Waals surface area contributed by atoms with Crippen LogP contribution in [0.3, 0.4) is 0 Å². The van der Waals surface area contributed by atoms with E-state index >= 15 is 0 Å². The summed E-state index contributed by atoms with van der Waals surface area (Å²) in [5, 5.41) is 7.12. The first kappa shape index (κ1) is 27.0. The highest BCUT2D eigenvalue weighted by Crippen LogP contribution is 2.38. The van der Waals surface area contributed by atoms with E-state index in [1.807, 2.05) is 14.0 Å². The van der Waals surface area contributed by atoms with Crippen LogP contribution in [0.5, 0.6) is 0 Å². The maximum Gasteiger partial charge on any atom is 0.313 e. The number of thiazole rings is 1. The monoisotopic (exact) mass is 522 g/mol. The third-order valence-electron chi connectivity index (χ3n) is 7.29. The molecule has 1 unspecified atom stereocenters. The highest BCUT2D eigenvalue weighted by Gasteiger charge is 2.34. The van der Waals surface area contributed by atoms with Crippen LogP contribution in [0.2, 0.25) is 0 Å². The molecule has 0 saturated carbocycles. The van der Waals surface area contributed by atoms with Gasteiger partial charge in [-0.25, -0.2) is 9.97 Å². The second-order valence-electron chi connectivity index (χ2n) is 10.6. The molecule has 0 spiro atoms. The van der Waals surface area contributed by atoms with Gasteiger partial charge in [-0.05, 0) is 80.9 Å². The number of aryl methyl sites for hydroxylation is 1. The summed E-state index contributed by atoms with van der Waals surface area (Å²) in [5.74, 6) is 0.430. The van der Waals surface area contributed by atoms with Gasteiger partial charge in [-0.2, -0.15) is 0 Å². The Bertz CT molecular complexity index is 1270. The first-order chi connectivity index (χ1) is 17.7. The van der Waals surface area contributed by atoms with E-state index in [0.717, 1.165) is 52.2 Å². The molecule has 9 heteroatoms. The van der Waals surface area contributed by atoms with Gasteiger partial charge in [0.15, 0.2) is 0 Å². The minimum atomic E-state index is -0.661. The second kappa shape index (κ2) is 11.6. The molecule has 2 aromatic heterocycles. The lowest BCUT2D eigenvalue weighted by Crippen LogP contribution is -2.46. The highest BCUT2D eigenvalue weighted by atomic mass is 32.1. The summed E-state index contributed by atoms with van der Waals surface area (Å²) in [7, 11) is 1.98.